The summed E-state index contributed by atoms with van der Waals surface area (Å²) in [6, 6.07) is 3.48. The first kappa shape index (κ1) is 20.3. The van der Waals surface area contributed by atoms with E-state index < -0.39 is 5.92 Å². The number of hydrogen-bond donors (Lipinski definition) is 1. The molecule has 0 radical (unpaired) electrons. The molecule has 2 fully saturated rings. The number of ether oxygens (including phenoxy) is 2. The lowest BCUT2D eigenvalue weighted by Gasteiger charge is -2.40. The van der Waals surface area contributed by atoms with Gasteiger partial charge in [-0.15, -0.1) is 0 Å². The van der Waals surface area contributed by atoms with Gasteiger partial charge in [0, 0.05) is 56.1 Å². The van der Waals surface area contributed by atoms with E-state index in [1.54, 1.807) is 4.57 Å². The van der Waals surface area contributed by atoms with Gasteiger partial charge in [-0.1, -0.05) is 12.2 Å². The molecular weight excluding hydrogens is 372 g/mol. The van der Waals surface area contributed by atoms with Crippen molar-refractivity contribution in [2.24, 2.45) is 17.8 Å². The van der Waals surface area contributed by atoms with Crippen molar-refractivity contribution in [1.82, 2.24) is 9.47 Å². The van der Waals surface area contributed by atoms with Gasteiger partial charge in [0.25, 0.3) is 5.56 Å². The number of carbonyl (C=O) groups excluding carboxylic acids is 1. The van der Waals surface area contributed by atoms with Crippen molar-refractivity contribution in [1.29, 1.82) is 0 Å². The molecule has 4 rings (SSSR count). The van der Waals surface area contributed by atoms with Gasteiger partial charge in [0.15, 0.2) is 0 Å². The van der Waals surface area contributed by atoms with E-state index in [0.717, 1.165) is 38.3 Å². The van der Waals surface area contributed by atoms with Crippen LogP contribution in [-0.2, 0) is 20.8 Å². The van der Waals surface area contributed by atoms with E-state index in [2.05, 4.69) is 4.90 Å². The summed E-state index contributed by atoms with van der Waals surface area (Å²) in [4.78, 5) is 28.2. The zero-order valence-electron chi connectivity index (χ0n) is 17.1. The molecule has 4 atom stereocenters. The molecule has 2 bridgehead atoms. The molecule has 0 aliphatic carbocycles. The Labute approximate surface area is 170 Å². The van der Waals surface area contributed by atoms with Crippen LogP contribution in [0.3, 0.4) is 0 Å². The van der Waals surface area contributed by atoms with E-state index in [1.807, 2.05) is 31.2 Å². The number of fused-ring (bicyclic) bond motifs is 4. The van der Waals surface area contributed by atoms with Gasteiger partial charge < -0.3 is 19.1 Å². The molecule has 1 aromatic heterocycles. The van der Waals surface area contributed by atoms with E-state index >= 15 is 0 Å². The van der Waals surface area contributed by atoms with Crippen LogP contribution in [0, 0.1) is 17.8 Å². The molecule has 158 valence electrons. The second-order valence-corrected chi connectivity index (χ2v) is 8.29. The maximum atomic E-state index is 13.1. The fourth-order valence-corrected chi connectivity index (χ4v) is 5.43. The van der Waals surface area contributed by atoms with Crippen LogP contribution < -0.4 is 5.56 Å². The maximum absolute atomic E-state index is 13.1. The molecule has 0 amide bonds. The van der Waals surface area contributed by atoms with Gasteiger partial charge >= 0.3 is 5.97 Å². The van der Waals surface area contributed by atoms with Crippen LogP contribution in [0.5, 0.6) is 0 Å². The molecule has 7 nitrogen and oxygen atoms in total. The van der Waals surface area contributed by atoms with E-state index in [-0.39, 0.29) is 36.1 Å². The van der Waals surface area contributed by atoms with Crippen LogP contribution in [0.1, 0.15) is 37.1 Å². The van der Waals surface area contributed by atoms with Crippen LogP contribution in [0.25, 0.3) is 6.08 Å². The summed E-state index contributed by atoms with van der Waals surface area (Å²) in [6.07, 6.45) is 5.66. The maximum Gasteiger partial charge on any atom is 0.311 e. The Morgan fingerprint density at radius 3 is 2.76 bits per heavy atom. The fourth-order valence-electron chi connectivity index (χ4n) is 5.43. The van der Waals surface area contributed by atoms with Crippen LogP contribution in [0.2, 0.25) is 0 Å². The number of aromatic nitrogens is 1. The number of aliphatic hydroxyl groups excluding tert-OH is 1. The second-order valence-electron chi connectivity index (χ2n) is 8.29. The predicted molar refractivity (Wildman–Crippen MR) is 108 cm³/mol. The van der Waals surface area contributed by atoms with Crippen molar-refractivity contribution in [3.8, 4) is 0 Å². The lowest BCUT2D eigenvalue weighted by molar-refractivity contribution is -0.148. The SMILES string of the molecule is C/C=C/c1ccc2n(c1=O)C[C@H]1[C@H](CO)[C@@H](C(=O)OC)[C@@H]2N1CC1CCOCC1. The Bertz CT molecular complexity index is 842. The molecule has 2 saturated heterocycles. The van der Waals surface area contributed by atoms with Crippen LogP contribution in [0.15, 0.2) is 23.0 Å². The quantitative estimate of drug-likeness (QED) is 0.751. The number of nitrogens with zero attached hydrogens (tertiary/aromatic N) is 2. The standard InChI is InChI=1S/C22H30N2O5/c1-3-4-15-5-6-17-20-19(22(27)28-2)16(13-25)18(12-24(17)21(15)26)23(20)11-14-7-9-29-10-8-14/h3-6,14,16,18-20,25H,7-13H2,1-2H3/b4-3+/t16-,18-,19+,20+/m0/s1. The van der Waals surface area contributed by atoms with E-state index in [1.165, 1.54) is 7.11 Å². The van der Waals surface area contributed by atoms with Gasteiger partial charge in [-0.3, -0.25) is 14.5 Å². The lowest BCUT2D eigenvalue weighted by atomic mass is 9.87. The first-order valence-corrected chi connectivity index (χ1v) is 10.5. The Hall–Kier alpha value is -1.96. The molecule has 1 N–H and O–H groups in total. The molecule has 0 spiro atoms. The highest BCUT2D eigenvalue weighted by molar-refractivity contribution is 5.74. The van der Waals surface area contributed by atoms with Crippen molar-refractivity contribution >= 4 is 12.0 Å². The Balaban J connectivity index is 1.78. The molecule has 0 saturated carbocycles. The topological polar surface area (TPSA) is 81.0 Å². The van der Waals surface area contributed by atoms with Crippen LogP contribution >= 0.6 is 0 Å². The third kappa shape index (κ3) is 3.45. The Morgan fingerprint density at radius 2 is 2.10 bits per heavy atom. The molecule has 0 aromatic carbocycles. The van der Waals surface area contributed by atoms with Crippen LogP contribution in [-0.4, -0.2) is 60.1 Å². The van der Waals surface area contributed by atoms with E-state index in [9.17, 15) is 14.7 Å². The minimum Gasteiger partial charge on any atom is -0.469 e. The fraction of sp³-hybridized carbons (Fsp3) is 0.636. The highest BCUT2D eigenvalue weighted by Gasteiger charge is 2.56. The smallest absolute Gasteiger partial charge is 0.311 e. The predicted octanol–water partition coefficient (Wildman–Crippen LogP) is 1.44. The summed E-state index contributed by atoms with van der Waals surface area (Å²) in [6.45, 7) is 4.64. The molecule has 7 heteroatoms. The Kier molecular flexibility index (Phi) is 5.90. The first-order valence-electron chi connectivity index (χ1n) is 10.5. The van der Waals surface area contributed by atoms with Gasteiger partial charge in [-0.2, -0.15) is 0 Å². The molecule has 3 aliphatic heterocycles. The second kappa shape index (κ2) is 8.42. The van der Waals surface area contributed by atoms with Crippen molar-refractivity contribution in [3.63, 3.8) is 0 Å². The molecule has 1 aromatic rings. The normalized spacial score (nSPS) is 29.9. The molecule has 3 aliphatic rings. The Morgan fingerprint density at radius 1 is 1.34 bits per heavy atom. The minimum absolute atomic E-state index is 0.0384. The largest absolute Gasteiger partial charge is 0.469 e. The average Bonchev–Trinajstić information content (AvgIpc) is 2.95. The zero-order chi connectivity index (χ0) is 20.5. The minimum atomic E-state index is -0.476. The molecule has 0 unspecified atom stereocenters. The van der Waals surface area contributed by atoms with E-state index in [4.69, 9.17) is 9.47 Å². The number of hydrogen-bond acceptors (Lipinski definition) is 6. The average molecular weight is 402 g/mol. The number of rotatable bonds is 5. The number of carbonyl (C=O) groups is 1. The number of allylic oxidation sites excluding steroid dienone is 1. The lowest BCUT2D eigenvalue weighted by Crippen LogP contribution is -2.48. The van der Waals surface area contributed by atoms with Gasteiger partial charge in [-0.05, 0) is 37.8 Å². The monoisotopic (exact) mass is 402 g/mol. The third-order valence-corrected chi connectivity index (χ3v) is 6.83. The molecule has 4 heterocycles. The van der Waals surface area contributed by atoms with E-state index in [0.29, 0.717) is 18.0 Å². The van der Waals surface area contributed by atoms with Crippen molar-refractivity contribution in [3.05, 3.63) is 39.8 Å². The van der Waals surface area contributed by atoms with Gasteiger partial charge in [0.2, 0.25) is 0 Å². The van der Waals surface area contributed by atoms with Crippen LogP contribution in [0.4, 0.5) is 0 Å². The summed E-state index contributed by atoms with van der Waals surface area (Å²) >= 11 is 0. The summed E-state index contributed by atoms with van der Waals surface area (Å²) in [5, 5.41) is 10.2. The zero-order valence-corrected chi connectivity index (χ0v) is 17.1. The summed E-state index contributed by atoms with van der Waals surface area (Å²) in [5.41, 5.74) is 1.45. The first-order chi connectivity index (χ1) is 14.1. The number of esters is 1. The van der Waals surface area contributed by atoms with Crippen molar-refractivity contribution < 1.29 is 19.4 Å². The highest BCUT2D eigenvalue weighted by atomic mass is 16.5. The third-order valence-electron chi connectivity index (χ3n) is 6.83. The summed E-state index contributed by atoms with van der Waals surface area (Å²) < 4.78 is 12.4. The van der Waals surface area contributed by atoms with Crippen molar-refractivity contribution in [2.75, 3.05) is 33.5 Å². The molecule has 29 heavy (non-hydrogen) atoms. The van der Waals surface area contributed by atoms with Gasteiger partial charge in [0.1, 0.15) is 0 Å². The number of methoxy groups -OCH3 is 1. The van der Waals surface area contributed by atoms with Gasteiger partial charge in [0.05, 0.1) is 19.1 Å². The highest BCUT2D eigenvalue weighted by Crippen LogP contribution is 2.49. The summed E-state index contributed by atoms with van der Waals surface area (Å²) in [5.74, 6) is -0.552. The van der Waals surface area contributed by atoms with Crippen molar-refractivity contribution in [2.45, 2.75) is 38.4 Å². The number of pyridine rings is 1. The van der Waals surface area contributed by atoms with Gasteiger partial charge in [-0.25, -0.2) is 0 Å². The summed E-state index contributed by atoms with van der Waals surface area (Å²) in [7, 11) is 1.39. The molecular formula is C22H30N2O5. The number of aliphatic hydroxyl groups is 1.